The number of ether oxygens (including phenoxy) is 1. The number of fused-ring (bicyclic) bond motifs is 1. The first-order chi connectivity index (χ1) is 11.4. The van der Waals surface area contributed by atoms with Crippen molar-refractivity contribution in [3.63, 3.8) is 0 Å². The van der Waals surface area contributed by atoms with Crippen molar-refractivity contribution in [1.82, 2.24) is 9.78 Å². The van der Waals surface area contributed by atoms with Gasteiger partial charge in [0.2, 0.25) is 0 Å². The van der Waals surface area contributed by atoms with Gasteiger partial charge in [0.15, 0.2) is 0 Å². The molecule has 0 spiro atoms. The number of unbranched alkanes of at least 4 members (excludes halogenated alkanes) is 2. The maximum absolute atomic E-state index is 5.87. The quantitative estimate of drug-likeness (QED) is 0.362. The average Bonchev–Trinajstić information content (AvgIpc) is 2.88. The summed E-state index contributed by atoms with van der Waals surface area (Å²) in [6.07, 6.45) is 10.5. The number of hydrogen-bond donors (Lipinski definition) is 0. The van der Waals surface area contributed by atoms with Crippen LogP contribution in [-0.4, -0.2) is 24.5 Å². The molecule has 130 valence electrons. The predicted molar refractivity (Wildman–Crippen MR) is 105 cm³/mol. The molecule has 2 rings (SSSR count). The van der Waals surface area contributed by atoms with Crippen LogP contribution in [0, 0.1) is 12.3 Å². The van der Waals surface area contributed by atoms with Gasteiger partial charge < -0.3 is 4.74 Å². The Labute approximate surface area is 147 Å². The van der Waals surface area contributed by atoms with E-state index in [0.717, 1.165) is 30.0 Å². The molecule has 0 aliphatic carbocycles. The summed E-state index contributed by atoms with van der Waals surface area (Å²) in [5.74, 6) is 2.70. The lowest BCUT2D eigenvalue weighted by Gasteiger charge is -2.15. The van der Waals surface area contributed by atoms with Crippen LogP contribution in [0.1, 0.15) is 37.4 Å². The molecule has 0 amide bonds. The van der Waals surface area contributed by atoms with Crippen LogP contribution in [0.15, 0.2) is 18.2 Å². The lowest BCUT2D eigenvalue weighted by molar-refractivity contribution is 0.0816. The van der Waals surface area contributed by atoms with E-state index in [1.54, 1.807) is 0 Å². The first-order valence-electron chi connectivity index (χ1n) is 8.98. The molecule has 0 aliphatic heterocycles. The highest BCUT2D eigenvalue weighted by atomic mass is 28.3. The van der Waals surface area contributed by atoms with Crippen molar-refractivity contribution in [3.05, 3.63) is 29.5 Å². The molecule has 2 aromatic rings. The van der Waals surface area contributed by atoms with Gasteiger partial charge in [0, 0.05) is 20.1 Å². The van der Waals surface area contributed by atoms with Gasteiger partial charge in [-0.3, -0.25) is 0 Å². The van der Waals surface area contributed by atoms with E-state index in [1.165, 1.54) is 24.8 Å². The van der Waals surface area contributed by atoms with E-state index >= 15 is 0 Å². The second kappa shape index (κ2) is 8.50. The van der Waals surface area contributed by atoms with Gasteiger partial charge in [0.25, 0.3) is 0 Å². The lowest BCUT2D eigenvalue weighted by atomic mass is 10.1. The number of hydrogen-bond acceptors (Lipinski definition) is 2. The third kappa shape index (κ3) is 5.22. The van der Waals surface area contributed by atoms with Crippen molar-refractivity contribution in [2.45, 2.75) is 65.0 Å². The monoisotopic (exact) mass is 342 g/mol. The van der Waals surface area contributed by atoms with Crippen molar-refractivity contribution in [3.8, 4) is 12.3 Å². The topological polar surface area (TPSA) is 27.1 Å². The molecule has 0 atom stereocenters. The molecule has 0 unspecified atom stereocenters. The van der Waals surface area contributed by atoms with Crippen molar-refractivity contribution in [2.24, 2.45) is 0 Å². The Morgan fingerprint density at radius 3 is 2.71 bits per heavy atom. The van der Waals surface area contributed by atoms with Gasteiger partial charge in [-0.15, -0.1) is 6.42 Å². The summed E-state index contributed by atoms with van der Waals surface area (Å²) in [5.41, 5.74) is 3.15. The summed E-state index contributed by atoms with van der Waals surface area (Å²) >= 11 is 0. The zero-order valence-corrected chi connectivity index (χ0v) is 16.6. The summed E-state index contributed by atoms with van der Waals surface area (Å²) in [7, 11) is -1.07. The highest BCUT2D eigenvalue weighted by molar-refractivity contribution is 6.76. The van der Waals surface area contributed by atoms with Crippen LogP contribution in [0.3, 0.4) is 0 Å². The van der Waals surface area contributed by atoms with E-state index < -0.39 is 8.07 Å². The van der Waals surface area contributed by atoms with Crippen molar-refractivity contribution in [2.75, 3.05) is 6.61 Å². The van der Waals surface area contributed by atoms with Crippen LogP contribution in [0.25, 0.3) is 10.9 Å². The van der Waals surface area contributed by atoms with Crippen LogP contribution in [0.2, 0.25) is 25.7 Å². The number of nitrogens with zero attached hydrogens (tertiary/aromatic N) is 2. The lowest BCUT2D eigenvalue weighted by Crippen LogP contribution is -2.22. The minimum Gasteiger partial charge on any atom is -0.360 e. The molecule has 0 saturated heterocycles. The molecule has 0 fully saturated rings. The highest BCUT2D eigenvalue weighted by Crippen LogP contribution is 2.21. The molecular weight excluding hydrogens is 312 g/mol. The summed E-state index contributed by atoms with van der Waals surface area (Å²) in [5, 5.41) is 5.59. The van der Waals surface area contributed by atoms with Gasteiger partial charge in [0.05, 0.1) is 5.52 Å². The van der Waals surface area contributed by atoms with Crippen molar-refractivity contribution in [1.29, 1.82) is 0 Å². The molecule has 0 bridgehead atoms. The molecular formula is C20H30N2OSi. The molecule has 24 heavy (non-hydrogen) atoms. The van der Waals surface area contributed by atoms with Gasteiger partial charge >= 0.3 is 0 Å². The Hall–Kier alpha value is -1.57. The van der Waals surface area contributed by atoms with E-state index in [-0.39, 0.29) is 0 Å². The molecule has 1 aromatic carbocycles. The second-order valence-corrected chi connectivity index (χ2v) is 13.3. The Morgan fingerprint density at radius 2 is 2.04 bits per heavy atom. The fourth-order valence-electron chi connectivity index (χ4n) is 2.69. The van der Waals surface area contributed by atoms with Gasteiger partial charge in [-0.2, -0.15) is 5.10 Å². The van der Waals surface area contributed by atoms with E-state index in [1.807, 2.05) is 4.68 Å². The summed E-state index contributed by atoms with van der Waals surface area (Å²) in [4.78, 5) is 0. The van der Waals surface area contributed by atoms with Crippen LogP contribution in [-0.2, 0) is 17.9 Å². The van der Waals surface area contributed by atoms with Gasteiger partial charge in [-0.05, 0) is 42.5 Å². The van der Waals surface area contributed by atoms with E-state index in [4.69, 9.17) is 11.2 Å². The summed E-state index contributed by atoms with van der Waals surface area (Å²) < 4.78 is 7.78. The number of rotatable bonds is 9. The Kier molecular flexibility index (Phi) is 6.65. The molecule has 4 heteroatoms. The minimum atomic E-state index is -1.07. The fourth-order valence-corrected chi connectivity index (χ4v) is 3.45. The average molecular weight is 343 g/mol. The SMILES string of the molecule is C#Cc1nn(COCC[Si](C)(C)C)c2cc(CCCCC)ccc12. The normalized spacial score (nSPS) is 11.8. The summed E-state index contributed by atoms with van der Waals surface area (Å²) in [6.45, 7) is 10.6. The van der Waals surface area contributed by atoms with E-state index in [9.17, 15) is 0 Å². The van der Waals surface area contributed by atoms with Gasteiger partial charge in [0.1, 0.15) is 12.4 Å². The third-order valence-electron chi connectivity index (χ3n) is 4.23. The number of benzene rings is 1. The number of terminal acetylenes is 1. The Bertz CT molecular complexity index is 707. The molecule has 1 heterocycles. The largest absolute Gasteiger partial charge is 0.360 e. The zero-order chi connectivity index (χ0) is 17.6. The van der Waals surface area contributed by atoms with E-state index in [0.29, 0.717) is 12.4 Å². The van der Waals surface area contributed by atoms with E-state index in [2.05, 4.69) is 55.8 Å². The molecule has 3 nitrogen and oxygen atoms in total. The molecule has 1 aromatic heterocycles. The second-order valence-electron chi connectivity index (χ2n) is 7.65. The van der Waals surface area contributed by atoms with Crippen LogP contribution >= 0.6 is 0 Å². The maximum atomic E-state index is 5.87. The number of aryl methyl sites for hydroxylation is 1. The molecule has 0 radical (unpaired) electrons. The maximum Gasteiger partial charge on any atom is 0.142 e. The standard InChI is InChI=1S/C20H30N2OSi/c1-6-8-9-10-17-11-12-18-19(7-2)21-22(20(18)15-17)16-23-13-14-24(3,4)5/h2,11-12,15H,6,8-10,13-14,16H2,1,3-5H3. The van der Waals surface area contributed by atoms with Crippen molar-refractivity contribution < 1.29 is 4.74 Å². The summed E-state index contributed by atoms with van der Waals surface area (Å²) in [6, 6.07) is 7.67. The predicted octanol–water partition coefficient (Wildman–Crippen LogP) is 5.06. The molecule has 0 N–H and O–H groups in total. The number of aromatic nitrogens is 2. The molecule has 0 saturated carbocycles. The minimum absolute atomic E-state index is 0.473. The third-order valence-corrected chi connectivity index (χ3v) is 5.94. The first kappa shape index (κ1) is 18.8. The smallest absolute Gasteiger partial charge is 0.142 e. The van der Waals surface area contributed by atoms with Crippen LogP contribution in [0.5, 0.6) is 0 Å². The highest BCUT2D eigenvalue weighted by Gasteiger charge is 2.13. The van der Waals surface area contributed by atoms with Gasteiger partial charge in [-0.25, -0.2) is 4.68 Å². The van der Waals surface area contributed by atoms with Crippen molar-refractivity contribution >= 4 is 19.0 Å². The van der Waals surface area contributed by atoms with Crippen LogP contribution in [0.4, 0.5) is 0 Å². The first-order valence-corrected chi connectivity index (χ1v) is 12.7. The Morgan fingerprint density at radius 1 is 1.25 bits per heavy atom. The zero-order valence-electron chi connectivity index (χ0n) is 15.6. The van der Waals surface area contributed by atoms with Crippen LogP contribution < -0.4 is 0 Å². The molecule has 0 aliphatic rings. The van der Waals surface area contributed by atoms with Gasteiger partial charge in [-0.1, -0.05) is 45.5 Å². The Balaban J connectivity index is 2.12. The fraction of sp³-hybridized carbons (Fsp3) is 0.550.